The molecule has 2 saturated heterocycles. The summed E-state index contributed by atoms with van der Waals surface area (Å²) < 4.78 is 0.909. The van der Waals surface area contributed by atoms with Gasteiger partial charge in [-0.15, -0.1) is 0 Å². The van der Waals surface area contributed by atoms with Crippen LogP contribution in [0.4, 0.5) is 0 Å². The van der Waals surface area contributed by atoms with Gasteiger partial charge in [0.15, 0.2) is 0 Å². The first-order valence-corrected chi connectivity index (χ1v) is 6.95. The van der Waals surface area contributed by atoms with E-state index in [1.165, 1.54) is 0 Å². The predicted molar refractivity (Wildman–Crippen MR) is 71.4 cm³/mol. The number of halogens is 1. The monoisotopic (exact) mass is 346 g/mol. The Morgan fingerprint density at radius 1 is 1.47 bits per heavy atom. The molecule has 0 spiro atoms. The van der Waals surface area contributed by atoms with E-state index in [4.69, 9.17) is 0 Å². The average molecular weight is 346 g/mol. The third-order valence-electron chi connectivity index (χ3n) is 4.15. The summed E-state index contributed by atoms with van der Waals surface area (Å²) in [5.41, 5.74) is -0.147. The molecule has 3 heterocycles. The molecule has 1 aromatic rings. The molecule has 2 fully saturated rings. The molecule has 0 aromatic carbocycles. The van der Waals surface area contributed by atoms with E-state index in [0.29, 0.717) is 0 Å². The van der Waals surface area contributed by atoms with Gasteiger partial charge in [-0.25, -0.2) is 4.98 Å². The Bertz CT molecular complexity index is 425. The first kappa shape index (κ1) is 11.8. The Labute approximate surface area is 114 Å². The van der Waals surface area contributed by atoms with Crippen molar-refractivity contribution in [3.05, 3.63) is 27.6 Å². The number of aliphatic hydroxyl groups excluding tert-OH is 1. The predicted octanol–water partition coefficient (Wildman–Crippen LogP) is 0.617. The van der Waals surface area contributed by atoms with E-state index in [9.17, 15) is 10.2 Å². The van der Waals surface area contributed by atoms with E-state index in [-0.39, 0.29) is 24.6 Å². The van der Waals surface area contributed by atoms with Crippen LogP contribution in [0, 0.1) is 9.62 Å². The molecule has 0 saturated carbocycles. The molecule has 2 aliphatic rings. The van der Waals surface area contributed by atoms with Crippen LogP contribution in [0.5, 0.6) is 0 Å². The van der Waals surface area contributed by atoms with E-state index in [2.05, 4.69) is 32.9 Å². The van der Waals surface area contributed by atoms with Crippen LogP contribution in [0.2, 0.25) is 0 Å². The molecule has 0 radical (unpaired) electrons. The summed E-state index contributed by atoms with van der Waals surface area (Å²) >= 11 is 2.14. The number of pyridine rings is 1. The third-order valence-corrected chi connectivity index (χ3v) is 4.79. The van der Waals surface area contributed by atoms with Crippen molar-refractivity contribution in [1.82, 2.24) is 10.3 Å². The Morgan fingerprint density at radius 3 is 2.94 bits per heavy atom. The first-order chi connectivity index (χ1) is 8.16. The smallest absolute Gasteiger partial charge is 0.113 e. The summed E-state index contributed by atoms with van der Waals surface area (Å²) in [6.07, 6.45) is 3.73. The fourth-order valence-corrected chi connectivity index (χ4v) is 3.61. The number of rotatable bonds is 2. The van der Waals surface area contributed by atoms with Gasteiger partial charge in [-0.2, -0.15) is 0 Å². The lowest BCUT2D eigenvalue weighted by Crippen LogP contribution is -2.46. The summed E-state index contributed by atoms with van der Waals surface area (Å²) in [6, 6.07) is 4.09. The van der Waals surface area contributed by atoms with Gasteiger partial charge in [-0.05, 0) is 41.5 Å². The van der Waals surface area contributed by atoms with Crippen molar-refractivity contribution in [2.24, 2.45) is 5.92 Å². The highest BCUT2D eigenvalue weighted by atomic mass is 127. The molecule has 2 aliphatic heterocycles. The van der Waals surface area contributed by atoms with E-state index in [0.717, 1.165) is 22.1 Å². The Kier molecular flexibility index (Phi) is 2.89. The third kappa shape index (κ3) is 1.63. The summed E-state index contributed by atoms with van der Waals surface area (Å²) in [5.74, 6) is -0.122. The van der Waals surface area contributed by atoms with Gasteiger partial charge in [-0.3, -0.25) is 0 Å². The van der Waals surface area contributed by atoms with Crippen LogP contribution in [0.25, 0.3) is 0 Å². The summed E-state index contributed by atoms with van der Waals surface area (Å²) in [7, 11) is 0. The normalized spacial score (nSPS) is 39.8. The molecule has 4 atom stereocenters. The van der Waals surface area contributed by atoms with Gasteiger partial charge in [-0.1, -0.05) is 6.07 Å². The minimum absolute atomic E-state index is 0.0106. The van der Waals surface area contributed by atoms with Gasteiger partial charge in [0.25, 0.3) is 0 Å². The zero-order valence-corrected chi connectivity index (χ0v) is 11.5. The second-order valence-corrected chi connectivity index (χ2v) is 5.99. The van der Waals surface area contributed by atoms with E-state index >= 15 is 0 Å². The number of hydrogen-bond donors (Lipinski definition) is 3. The molecule has 0 aliphatic carbocycles. The lowest BCUT2D eigenvalue weighted by molar-refractivity contribution is -0.0543. The topological polar surface area (TPSA) is 65.4 Å². The van der Waals surface area contributed by atoms with Crippen LogP contribution in [-0.2, 0) is 5.60 Å². The number of fused-ring (bicyclic) bond motifs is 2. The molecular formula is C12H15IN2O2. The Morgan fingerprint density at radius 2 is 2.29 bits per heavy atom. The summed E-state index contributed by atoms with van der Waals surface area (Å²) in [6.45, 7) is 0.0106. The van der Waals surface area contributed by atoms with Crippen LogP contribution in [0.1, 0.15) is 18.4 Å². The molecule has 3 N–H and O–H groups in total. The molecule has 4 nitrogen and oxygen atoms in total. The molecule has 17 heavy (non-hydrogen) atoms. The van der Waals surface area contributed by atoms with Crippen molar-refractivity contribution in [2.45, 2.75) is 30.5 Å². The van der Waals surface area contributed by atoms with Gasteiger partial charge in [0, 0.05) is 29.8 Å². The van der Waals surface area contributed by atoms with Crippen molar-refractivity contribution in [3.63, 3.8) is 0 Å². The molecule has 5 heteroatoms. The van der Waals surface area contributed by atoms with Crippen molar-refractivity contribution in [3.8, 4) is 0 Å². The Hall–Kier alpha value is -0.240. The Balaban J connectivity index is 2.02. The van der Waals surface area contributed by atoms with Crippen LogP contribution in [0.15, 0.2) is 18.3 Å². The largest absolute Gasteiger partial charge is 0.396 e. The second kappa shape index (κ2) is 4.15. The highest BCUT2D eigenvalue weighted by Gasteiger charge is 2.58. The van der Waals surface area contributed by atoms with Crippen LogP contribution >= 0.6 is 22.6 Å². The van der Waals surface area contributed by atoms with Gasteiger partial charge in [0.05, 0.1) is 6.61 Å². The summed E-state index contributed by atoms with van der Waals surface area (Å²) in [5, 5.41) is 23.8. The highest BCUT2D eigenvalue weighted by molar-refractivity contribution is 14.1. The molecule has 92 valence electrons. The zero-order valence-electron chi connectivity index (χ0n) is 9.31. The van der Waals surface area contributed by atoms with Gasteiger partial charge < -0.3 is 15.5 Å². The SMILES string of the molecule is OC[C@@H]1[C@@H]2CC[C@@H](N2)[C@]1(O)c1ccc(I)nc1. The number of aromatic nitrogens is 1. The van der Waals surface area contributed by atoms with Crippen molar-refractivity contribution in [1.29, 1.82) is 0 Å². The van der Waals surface area contributed by atoms with Crippen molar-refractivity contribution >= 4 is 22.6 Å². The second-order valence-electron chi connectivity index (χ2n) is 4.89. The molecule has 1 aromatic heterocycles. The highest BCUT2D eigenvalue weighted by Crippen LogP contribution is 2.47. The average Bonchev–Trinajstić information content (AvgIpc) is 2.89. The fraction of sp³-hybridized carbons (Fsp3) is 0.583. The fourth-order valence-electron chi connectivity index (χ4n) is 3.30. The summed E-state index contributed by atoms with van der Waals surface area (Å²) in [4.78, 5) is 4.24. The van der Waals surface area contributed by atoms with Crippen LogP contribution < -0.4 is 5.32 Å². The quantitative estimate of drug-likeness (QED) is 0.543. The number of nitrogens with zero attached hydrogens (tertiary/aromatic N) is 1. The van der Waals surface area contributed by atoms with Crippen molar-refractivity contribution in [2.75, 3.05) is 6.61 Å². The van der Waals surface area contributed by atoms with Gasteiger partial charge in [0.2, 0.25) is 0 Å². The van der Waals surface area contributed by atoms with Crippen molar-refractivity contribution < 1.29 is 10.2 Å². The van der Waals surface area contributed by atoms with Crippen LogP contribution in [0.3, 0.4) is 0 Å². The molecular weight excluding hydrogens is 331 g/mol. The van der Waals surface area contributed by atoms with E-state index in [1.807, 2.05) is 12.1 Å². The van der Waals surface area contributed by atoms with E-state index < -0.39 is 5.60 Å². The molecule has 3 rings (SSSR count). The maximum atomic E-state index is 10.9. The minimum Gasteiger partial charge on any atom is -0.396 e. The van der Waals surface area contributed by atoms with Crippen LogP contribution in [-0.4, -0.2) is 33.9 Å². The maximum absolute atomic E-state index is 10.9. The maximum Gasteiger partial charge on any atom is 0.113 e. The molecule has 2 bridgehead atoms. The standard InChI is InChI=1S/C12H15IN2O2/c13-11-4-1-7(5-14-11)12(17)8(6-16)9-2-3-10(12)15-9/h1,4-5,8-10,15-17H,2-3,6H2/t8-,9+,10-,12+/m1/s1. The number of nitrogens with one attached hydrogen (secondary N) is 1. The minimum atomic E-state index is -0.963. The molecule has 0 unspecified atom stereocenters. The van der Waals surface area contributed by atoms with Gasteiger partial charge in [0.1, 0.15) is 9.30 Å². The van der Waals surface area contributed by atoms with E-state index in [1.54, 1.807) is 6.20 Å². The lowest BCUT2D eigenvalue weighted by atomic mass is 9.72. The first-order valence-electron chi connectivity index (χ1n) is 5.87. The molecule has 0 amide bonds. The number of hydrogen-bond acceptors (Lipinski definition) is 4. The number of aliphatic hydroxyl groups is 2. The zero-order chi connectivity index (χ0) is 12.0. The van der Waals surface area contributed by atoms with Gasteiger partial charge >= 0.3 is 0 Å². The lowest BCUT2D eigenvalue weighted by Gasteiger charge is -2.37.